The van der Waals surface area contributed by atoms with Gasteiger partial charge in [0.15, 0.2) is 0 Å². The minimum atomic E-state index is 0.126. The molecule has 2 aliphatic heterocycles. The Hall–Kier alpha value is -2.36. The van der Waals surface area contributed by atoms with Crippen molar-refractivity contribution in [1.29, 1.82) is 0 Å². The van der Waals surface area contributed by atoms with Gasteiger partial charge in [-0.2, -0.15) is 0 Å². The normalized spacial score (nSPS) is 17.8. The molecule has 1 aromatic carbocycles. The summed E-state index contributed by atoms with van der Waals surface area (Å²) >= 11 is 0. The Morgan fingerprint density at radius 3 is 2.56 bits per heavy atom. The molecule has 4 nitrogen and oxygen atoms in total. The lowest BCUT2D eigenvalue weighted by atomic mass is 10.0. The van der Waals surface area contributed by atoms with Crippen LogP contribution in [0.5, 0.6) is 0 Å². The third-order valence-corrected chi connectivity index (χ3v) is 5.29. The van der Waals surface area contributed by atoms with Crippen LogP contribution in [-0.2, 0) is 6.42 Å². The Morgan fingerprint density at radius 2 is 1.72 bits per heavy atom. The number of pyridine rings is 1. The summed E-state index contributed by atoms with van der Waals surface area (Å²) in [5, 5.41) is 0. The molecule has 1 fully saturated rings. The fraction of sp³-hybridized carbons (Fsp3) is 0.429. The number of hydrogen-bond acceptors (Lipinski definition) is 3. The molecule has 0 bridgehead atoms. The fourth-order valence-electron chi connectivity index (χ4n) is 3.95. The highest BCUT2D eigenvalue weighted by Crippen LogP contribution is 2.33. The van der Waals surface area contributed by atoms with Crippen LogP contribution in [0.25, 0.3) is 0 Å². The molecule has 3 heterocycles. The molecule has 4 heteroatoms. The number of hydrogen-bond donors (Lipinski definition) is 0. The summed E-state index contributed by atoms with van der Waals surface area (Å²) < 4.78 is 0. The Labute approximate surface area is 149 Å². The van der Waals surface area contributed by atoms with E-state index in [0.29, 0.717) is 5.56 Å². The maximum atomic E-state index is 12.9. The van der Waals surface area contributed by atoms with Gasteiger partial charge in [0, 0.05) is 31.5 Å². The summed E-state index contributed by atoms with van der Waals surface area (Å²) in [7, 11) is 0. The van der Waals surface area contributed by atoms with E-state index in [-0.39, 0.29) is 5.91 Å². The van der Waals surface area contributed by atoms with Crippen LogP contribution in [0, 0.1) is 0 Å². The zero-order valence-corrected chi connectivity index (χ0v) is 14.7. The second-order valence-electron chi connectivity index (χ2n) is 7.02. The molecule has 1 aromatic heterocycles. The first-order valence-corrected chi connectivity index (χ1v) is 9.43. The number of likely N-dealkylation sites (tertiary alicyclic amines) is 1. The van der Waals surface area contributed by atoms with Crippen LogP contribution in [0.2, 0.25) is 0 Å². The molecular weight excluding hydrogens is 310 g/mol. The molecule has 0 N–H and O–H groups in total. The van der Waals surface area contributed by atoms with Crippen LogP contribution in [-0.4, -0.2) is 35.4 Å². The second-order valence-corrected chi connectivity index (χ2v) is 7.02. The van der Waals surface area contributed by atoms with Crippen molar-refractivity contribution in [3.05, 3.63) is 53.9 Å². The van der Waals surface area contributed by atoms with Gasteiger partial charge >= 0.3 is 0 Å². The number of carbonyl (C=O) groups is 1. The Morgan fingerprint density at radius 1 is 0.920 bits per heavy atom. The minimum absolute atomic E-state index is 0.126. The van der Waals surface area contributed by atoms with Crippen molar-refractivity contribution in [2.45, 2.75) is 38.5 Å². The van der Waals surface area contributed by atoms with Crippen molar-refractivity contribution in [3.8, 4) is 0 Å². The number of aryl methyl sites for hydroxylation is 1. The Balaban J connectivity index is 1.61. The average Bonchev–Trinajstić information content (AvgIpc) is 2.96. The SMILES string of the molecule is O=C(c1cncc(N2CCCc3ccccc32)c1)N1CCCCCC1. The summed E-state index contributed by atoms with van der Waals surface area (Å²) in [4.78, 5) is 21.6. The van der Waals surface area contributed by atoms with E-state index in [1.165, 1.54) is 24.1 Å². The van der Waals surface area contributed by atoms with Crippen LogP contribution in [0.3, 0.4) is 0 Å². The molecule has 2 aliphatic rings. The van der Waals surface area contributed by atoms with E-state index >= 15 is 0 Å². The summed E-state index contributed by atoms with van der Waals surface area (Å²) in [6, 6.07) is 10.6. The summed E-state index contributed by atoms with van der Waals surface area (Å²) in [5.41, 5.74) is 4.35. The van der Waals surface area contributed by atoms with Gasteiger partial charge in [-0.05, 0) is 43.4 Å². The van der Waals surface area contributed by atoms with Gasteiger partial charge in [0.05, 0.1) is 17.4 Å². The van der Waals surface area contributed by atoms with Crippen LogP contribution >= 0.6 is 0 Å². The predicted octanol–water partition coefficient (Wildman–Crippen LogP) is 4.18. The molecule has 1 amide bonds. The molecule has 0 radical (unpaired) electrons. The number of aromatic nitrogens is 1. The number of nitrogens with zero attached hydrogens (tertiary/aromatic N) is 3. The van der Waals surface area contributed by atoms with Gasteiger partial charge in [0.2, 0.25) is 0 Å². The smallest absolute Gasteiger partial charge is 0.255 e. The van der Waals surface area contributed by atoms with Gasteiger partial charge in [0.1, 0.15) is 0 Å². The van der Waals surface area contributed by atoms with Crippen molar-refractivity contribution in [3.63, 3.8) is 0 Å². The molecule has 0 aliphatic carbocycles. The van der Waals surface area contributed by atoms with Gasteiger partial charge < -0.3 is 9.80 Å². The third-order valence-electron chi connectivity index (χ3n) is 5.29. The van der Waals surface area contributed by atoms with Gasteiger partial charge in [-0.15, -0.1) is 0 Å². The zero-order chi connectivity index (χ0) is 17.1. The molecule has 4 rings (SSSR count). The van der Waals surface area contributed by atoms with Gasteiger partial charge in [-0.3, -0.25) is 9.78 Å². The van der Waals surface area contributed by atoms with E-state index < -0.39 is 0 Å². The van der Waals surface area contributed by atoms with Crippen LogP contribution in [0.1, 0.15) is 48.0 Å². The largest absolute Gasteiger partial charge is 0.340 e. The van der Waals surface area contributed by atoms with Crippen LogP contribution in [0.4, 0.5) is 11.4 Å². The van der Waals surface area contributed by atoms with Crippen molar-refractivity contribution in [2.75, 3.05) is 24.5 Å². The number of carbonyl (C=O) groups excluding carboxylic acids is 1. The highest BCUT2D eigenvalue weighted by atomic mass is 16.2. The van der Waals surface area contributed by atoms with E-state index in [4.69, 9.17) is 0 Å². The summed E-state index contributed by atoms with van der Waals surface area (Å²) in [6.45, 7) is 2.71. The van der Waals surface area contributed by atoms with Crippen LogP contribution < -0.4 is 4.90 Å². The standard InChI is InChI=1S/C21H25N3O/c25-21(23-11-5-1-2-6-12-23)18-14-19(16-22-15-18)24-13-7-9-17-8-3-4-10-20(17)24/h3-4,8,10,14-16H,1-2,5-7,9,11-13H2. The zero-order valence-electron chi connectivity index (χ0n) is 14.7. The maximum Gasteiger partial charge on any atom is 0.255 e. The van der Waals surface area contributed by atoms with Gasteiger partial charge in [-0.25, -0.2) is 0 Å². The number of amides is 1. The molecule has 25 heavy (non-hydrogen) atoms. The lowest BCUT2D eigenvalue weighted by Gasteiger charge is -2.31. The van der Waals surface area contributed by atoms with E-state index in [1.807, 2.05) is 17.2 Å². The summed E-state index contributed by atoms with van der Waals surface area (Å²) in [5.74, 6) is 0.126. The van der Waals surface area contributed by atoms with E-state index in [0.717, 1.165) is 51.0 Å². The molecule has 2 aromatic rings. The number of fused-ring (bicyclic) bond motifs is 1. The molecule has 130 valence electrons. The maximum absolute atomic E-state index is 12.9. The molecule has 1 saturated heterocycles. The highest BCUT2D eigenvalue weighted by molar-refractivity contribution is 5.95. The van der Waals surface area contributed by atoms with Crippen molar-refractivity contribution >= 4 is 17.3 Å². The topological polar surface area (TPSA) is 36.4 Å². The quantitative estimate of drug-likeness (QED) is 0.826. The number of rotatable bonds is 2. The molecule has 0 saturated carbocycles. The predicted molar refractivity (Wildman–Crippen MR) is 100 cm³/mol. The molecule has 0 atom stereocenters. The first-order valence-electron chi connectivity index (χ1n) is 9.43. The first kappa shape index (κ1) is 16.1. The minimum Gasteiger partial charge on any atom is -0.340 e. The highest BCUT2D eigenvalue weighted by Gasteiger charge is 2.21. The van der Waals surface area contributed by atoms with E-state index in [9.17, 15) is 4.79 Å². The second kappa shape index (κ2) is 7.26. The molecule has 0 spiro atoms. The van der Waals surface area contributed by atoms with Crippen LogP contribution in [0.15, 0.2) is 42.7 Å². The van der Waals surface area contributed by atoms with Gasteiger partial charge in [0.25, 0.3) is 5.91 Å². The average molecular weight is 335 g/mol. The Bertz CT molecular complexity index is 750. The molecular formula is C21H25N3O. The Kier molecular flexibility index (Phi) is 4.68. The van der Waals surface area contributed by atoms with Crippen molar-refractivity contribution < 1.29 is 4.79 Å². The number of para-hydroxylation sites is 1. The van der Waals surface area contributed by atoms with Crippen molar-refractivity contribution in [2.24, 2.45) is 0 Å². The third kappa shape index (κ3) is 3.39. The lowest BCUT2D eigenvalue weighted by Crippen LogP contribution is -2.32. The lowest BCUT2D eigenvalue weighted by molar-refractivity contribution is 0.0761. The number of anilines is 2. The summed E-state index contributed by atoms with van der Waals surface area (Å²) in [6.07, 6.45) is 10.5. The van der Waals surface area contributed by atoms with E-state index in [2.05, 4.69) is 34.1 Å². The monoisotopic (exact) mass is 335 g/mol. The van der Waals surface area contributed by atoms with E-state index in [1.54, 1.807) is 6.20 Å². The van der Waals surface area contributed by atoms with Crippen molar-refractivity contribution in [1.82, 2.24) is 9.88 Å². The number of benzene rings is 1. The fourth-order valence-corrected chi connectivity index (χ4v) is 3.95. The first-order chi connectivity index (χ1) is 12.3. The van der Waals surface area contributed by atoms with Gasteiger partial charge in [-0.1, -0.05) is 31.0 Å². The molecule has 0 unspecified atom stereocenters.